The van der Waals surface area contributed by atoms with Gasteiger partial charge in [-0.1, -0.05) is 0 Å². The largest absolute Gasteiger partial charge is 0.478 e. The number of nitrogens with one attached hydrogen (secondary N) is 1. The Morgan fingerprint density at radius 3 is 3.00 bits per heavy atom. The van der Waals surface area contributed by atoms with Gasteiger partial charge < -0.3 is 10.4 Å². The number of carbonyl (C=O) groups is 1. The molecule has 2 heterocycles. The maximum atomic E-state index is 10.8. The van der Waals surface area contributed by atoms with E-state index in [9.17, 15) is 4.79 Å². The highest BCUT2D eigenvalue weighted by molar-refractivity contribution is 7.09. The highest BCUT2D eigenvalue weighted by Crippen LogP contribution is 2.14. The van der Waals surface area contributed by atoms with Crippen molar-refractivity contribution in [2.24, 2.45) is 0 Å². The molecule has 2 N–H and O–H groups in total. The van der Waals surface area contributed by atoms with Crippen molar-refractivity contribution in [3.8, 4) is 0 Å². The highest BCUT2D eigenvalue weighted by Gasteiger charge is 2.05. The summed E-state index contributed by atoms with van der Waals surface area (Å²) in [6.07, 6.45) is 1.48. The SMILES string of the molecule is Cc1ncsc1CNc1cc(C(=O)O)ccn1. The minimum atomic E-state index is -0.954. The van der Waals surface area contributed by atoms with E-state index in [0.29, 0.717) is 12.4 Å². The van der Waals surface area contributed by atoms with Gasteiger partial charge in [-0.2, -0.15) is 0 Å². The zero-order valence-electron chi connectivity index (χ0n) is 9.17. The third-order valence-electron chi connectivity index (χ3n) is 2.28. The van der Waals surface area contributed by atoms with Crippen LogP contribution in [-0.4, -0.2) is 21.0 Å². The van der Waals surface area contributed by atoms with Gasteiger partial charge in [0.15, 0.2) is 0 Å². The molecule has 2 aromatic rings. The predicted molar refractivity (Wildman–Crippen MR) is 65.4 cm³/mol. The zero-order valence-corrected chi connectivity index (χ0v) is 9.99. The summed E-state index contributed by atoms with van der Waals surface area (Å²) in [7, 11) is 0. The molecule has 0 spiro atoms. The molecule has 0 saturated heterocycles. The molecule has 17 heavy (non-hydrogen) atoms. The highest BCUT2D eigenvalue weighted by atomic mass is 32.1. The summed E-state index contributed by atoms with van der Waals surface area (Å²) >= 11 is 1.56. The van der Waals surface area contributed by atoms with Crippen molar-refractivity contribution in [1.29, 1.82) is 0 Å². The summed E-state index contributed by atoms with van der Waals surface area (Å²) in [6.45, 7) is 2.54. The number of aromatic carboxylic acids is 1. The fourth-order valence-corrected chi connectivity index (χ4v) is 2.04. The number of nitrogens with zero attached hydrogens (tertiary/aromatic N) is 2. The molecule has 0 saturated carbocycles. The van der Waals surface area contributed by atoms with Gasteiger partial charge >= 0.3 is 5.97 Å². The van der Waals surface area contributed by atoms with Crippen LogP contribution in [0, 0.1) is 6.92 Å². The van der Waals surface area contributed by atoms with Crippen LogP contribution in [-0.2, 0) is 6.54 Å². The number of aromatic nitrogens is 2. The molecule has 0 unspecified atom stereocenters. The first-order chi connectivity index (χ1) is 8.16. The standard InChI is InChI=1S/C11H11N3O2S/c1-7-9(17-6-14-7)5-13-10-4-8(11(15)16)2-3-12-10/h2-4,6H,5H2,1H3,(H,12,13)(H,15,16). The van der Waals surface area contributed by atoms with E-state index < -0.39 is 5.97 Å². The van der Waals surface area contributed by atoms with Crippen molar-refractivity contribution in [3.63, 3.8) is 0 Å². The number of carboxylic acid groups (broad SMARTS) is 1. The van der Waals surface area contributed by atoms with E-state index in [4.69, 9.17) is 5.11 Å². The molecule has 5 nitrogen and oxygen atoms in total. The fourth-order valence-electron chi connectivity index (χ4n) is 1.33. The van der Waals surface area contributed by atoms with Crippen molar-refractivity contribution in [2.45, 2.75) is 13.5 Å². The van der Waals surface area contributed by atoms with Gasteiger partial charge in [-0.25, -0.2) is 14.8 Å². The zero-order chi connectivity index (χ0) is 12.3. The summed E-state index contributed by atoms with van der Waals surface area (Å²) < 4.78 is 0. The summed E-state index contributed by atoms with van der Waals surface area (Å²) in [6, 6.07) is 2.98. The summed E-state index contributed by atoms with van der Waals surface area (Å²) in [5.41, 5.74) is 2.99. The number of thiazole rings is 1. The van der Waals surface area contributed by atoms with Crippen LogP contribution in [0.4, 0.5) is 5.82 Å². The quantitative estimate of drug-likeness (QED) is 0.868. The molecule has 0 amide bonds. The molecular weight excluding hydrogens is 238 g/mol. The van der Waals surface area contributed by atoms with Gasteiger partial charge in [-0.3, -0.25) is 0 Å². The number of rotatable bonds is 4. The topological polar surface area (TPSA) is 75.1 Å². The Morgan fingerprint density at radius 2 is 2.35 bits per heavy atom. The Labute approximate surface area is 102 Å². The normalized spacial score (nSPS) is 10.2. The van der Waals surface area contributed by atoms with Gasteiger partial charge in [0, 0.05) is 11.1 Å². The second-order valence-corrected chi connectivity index (χ2v) is 4.39. The first-order valence-electron chi connectivity index (χ1n) is 4.99. The van der Waals surface area contributed by atoms with E-state index in [1.54, 1.807) is 16.8 Å². The first kappa shape index (κ1) is 11.5. The van der Waals surface area contributed by atoms with Crippen LogP contribution in [0.15, 0.2) is 23.8 Å². The lowest BCUT2D eigenvalue weighted by Crippen LogP contribution is -2.03. The van der Waals surface area contributed by atoms with Crippen molar-refractivity contribution in [1.82, 2.24) is 9.97 Å². The maximum Gasteiger partial charge on any atom is 0.335 e. The number of carboxylic acids is 1. The molecular formula is C11H11N3O2S. The Bertz CT molecular complexity index is 539. The van der Waals surface area contributed by atoms with Crippen LogP contribution in [0.1, 0.15) is 20.9 Å². The third kappa shape index (κ3) is 2.79. The minimum Gasteiger partial charge on any atom is -0.478 e. The number of hydrogen-bond donors (Lipinski definition) is 2. The first-order valence-corrected chi connectivity index (χ1v) is 5.87. The average Bonchev–Trinajstić information content (AvgIpc) is 2.72. The van der Waals surface area contributed by atoms with Crippen LogP contribution >= 0.6 is 11.3 Å². The van der Waals surface area contributed by atoms with Gasteiger partial charge in [0.2, 0.25) is 0 Å². The summed E-state index contributed by atoms with van der Waals surface area (Å²) in [4.78, 5) is 20.1. The molecule has 0 aliphatic rings. The molecule has 0 radical (unpaired) electrons. The van der Waals surface area contributed by atoms with E-state index in [-0.39, 0.29) is 5.56 Å². The second kappa shape index (κ2) is 4.92. The van der Waals surface area contributed by atoms with E-state index in [0.717, 1.165) is 10.6 Å². The molecule has 88 valence electrons. The van der Waals surface area contributed by atoms with Gasteiger partial charge in [-0.05, 0) is 19.1 Å². The smallest absolute Gasteiger partial charge is 0.335 e. The van der Waals surface area contributed by atoms with Crippen LogP contribution < -0.4 is 5.32 Å². The van der Waals surface area contributed by atoms with Crippen molar-refractivity contribution in [2.75, 3.05) is 5.32 Å². The molecule has 0 aromatic carbocycles. The lowest BCUT2D eigenvalue weighted by atomic mass is 10.2. The van der Waals surface area contributed by atoms with Gasteiger partial charge in [0.05, 0.1) is 23.3 Å². The van der Waals surface area contributed by atoms with E-state index >= 15 is 0 Å². The Balaban J connectivity index is 2.07. The molecule has 6 heteroatoms. The summed E-state index contributed by atoms with van der Waals surface area (Å²) in [5.74, 6) is -0.401. The van der Waals surface area contributed by atoms with Gasteiger partial charge in [0.1, 0.15) is 5.82 Å². The van der Waals surface area contributed by atoms with Crippen molar-refractivity contribution < 1.29 is 9.90 Å². The summed E-state index contributed by atoms with van der Waals surface area (Å²) in [5, 5.41) is 11.9. The van der Waals surface area contributed by atoms with Crippen LogP contribution in [0.3, 0.4) is 0 Å². The van der Waals surface area contributed by atoms with E-state index in [2.05, 4.69) is 15.3 Å². The van der Waals surface area contributed by atoms with E-state index in [1.807, 2.05) is 6.92 Å². The number of aryl methyl sites for hydroxylation is 1. The van der Waals surface area contributed by atoms with Crippen LogP contribution in [0.5, 0.6) is 0 Å². The predicted octanol–water partition coefficient (Wildman–Crippen LogP) is 2.16. The molecule has 0 fully saturated rings. The van der Waals surface area contributed by atoms with Crippen molar-refractivity contribution in [3.05, 3.63) is 40.0 Å². The number of hydrogen-bond acceptors (Lipinski definition) is 5. The second-order valence-electron chi connectivity index (χ2n) is 3.45. The number of pyridine rings is 1. The lowest BCUT2D eigenvalue weighted by molar-refractivity contribution is 0.0697. The Hall–Kier alpha value is -1.95. The third-order valence-corrected chi connectivity index (χ3v) is 3.22. The average molecular weight is 249 g/mol. The van der Waals surface area contributed by atoms with Gasteiger partial charge in [-0.15, -0.1) is 11.3 Å². The molecule has 0 atom stereocenters. The van der Waals surface area contributed by atoms with Crippen LogP contribution in [0.2, 0.25) is 0 Å². The Kier molecular flexibility index (Phi) is 3.34. The molecule has 0 bridgehead atoms. The van der Waals surface area contributed by atoms with Crippen molar-refractivity contribution >= 4 is 23.1 Å². The van der Waals surface area contributed by atoms with Gasteiger partial charge in [0.25, 0.3) is 0 Å². The fraction of sp³-hybridized carbons (Fsp3) is 0.182. The monoisotopic (exact) mass is 249 g/mol. The molecule has 0 aliphatic carbocycles. The lowest BCUT2D eigenvalue weighted by Gasteiger charge is -2.04. The van der Waals surface area contributed by atoms with Crippen LogP contribution in [0.25, 0.3) is 0 Å². The minimum absolute atomic E-state index is 0.225. The molecule has 2 rings (SSSR count). The maximum absolute atomic E-state index is 10.8. The van der Waals surface area contributed by atoms with E-state index in [1.165, 1.54) is 18.3 Å². The number of anilines is 1. The Morgan fingerprint density at radius 1 is 1.53 bits per heavy atom. The molecule has 0 aliphatic heterocycles. The molecule has 2 aromatic heterocycles.